The number of pyridine rings is 1. The van der Waals surface area contributed by atoms with Crippen LogP contribution < -0.4 is 0 Å². The Morgan fingerprint density at radius 2 is 0.825 bits per heavy atom. The third-order valence-electron chi connectivity index (χ3n) is 10.1. The zero-order chi connectivity index (χ0) is 38.9. The minimum Gasteiger partial charge on any atom is -0.307 e. The van der Waals surface area contributed by atoms with Crippen molar-refractivity contribution in [1.82, 2.24) is 29.1 Å². The summed E-state index contributed by atoms with van der Waals surface area (Å²) in [7, 11) is 0. The molecular formula is C51H42N6. The number of para-hydroxylation sites is 5. The maximum Gasteiger partial charge on any atom is 0.238 e. The van der Waals surface area contributed by atoms with E-state index in [4.69, 9.17) is 19.9 Å². The molecule has 276 valence electrons. The summed E-state index contributed by atoms with van der Waals surface area (Å²) in [6.07, 6.45) is 1.25. The second-order valence-corrected chi connectivity index (χ2v) is 13.8. The minimum atomic E-state index is 0.553. The van der Waals surface area contributed by atoms with E-state index in [-0.39, 0.29) is 0 Å². The van der Waals surface area contributed by atoms with Gasteiger partial charge in [0, 0.05) is 49.1 Å². The highest BCUT2D eigenvalue weighted by molar-refractivity contribution is 6.23. The lowest BCUT2D eigenvalue weighted by atomic mass is 10.0. The molecule has 4 aromatic heterocycles. The Morgan fingerprint density at radius 1 is 0.386 bits per heavy atom. The predicted octanol–water partition coefficient (Wildman–Crippen LogP) is 13.5. The zero-order valence-corrected chi connectivity index (χ0v) is 32.6. The Hall–Kier alpha value is -7.18. The van der Waals surface area contributed by atoms with E-state index < -0.39 is 0 Å². The quantitative estimate of drug-likeness (QED) is 0.169. The lowest BCUT2D eigenvalue weighted by Gasteiger charge is -2.15. The fourth-order valence-corrected chi connectivity index (χ4v) is 7.93. The summed E-state index contributed by atoms with van der Waals surface area (Å²) in [5.41, 5.74) is 9.04. The van der Waals surface area contributed by atoms with Crippen LogP contribution >= 0.6 is 0 Å². The van der Waals surface area contributed by atoms with E-state index in [0.717, 1.165) is 71.5 Å². The Bertz CT molecular complexity index is 3140. The number of rotatable bonds is 4. The van der Waals surface area contributed by atoms with Crippen LogP contribution in [-0.2, 0) is 0 Å². The van der Waals surface area contributed by atoms with Crippen LogP contribution in [0.1, 0.15) is 34.1 Å². The maximum atomic E-state index is 5.44. The molecule has 0 N–H and O–H groups in total. The van der Waals surface area contributed by atoms with Crippen LogP contribution in [0.3, 0.4) is 0 Å². The normalized spacial score (nSPS) is 11.2. The summed E-state index contributed by atoms with van der Waals surface area (Å²) >= 11 is 0. The van der Waals surface area contributed by atoms with E-state index in [2.05, 4.69) is 163 Å². The molecule has 0 aliphatic carbocycles. The van der Waals surface area contributed by atoms with E-state index in [9.17, 15) is 0 Å². The Kier molecular flexibility index (Phi) is 9.45. The van der Waals surface area contributed by atoms with Crippen molar-refractivity contribution in [2.24, 2.45) is 0 Å². The molecule has 6 heteroatoms. The van der Waals surface area contributed by atoms with Gasteiger partial charge in [-0.15, -0.1) is 0 Å². The number of nitrogens with zero attached hydrogens (tertiary/aromatic N) is 6. The van der Waals surface area contributed by atoms with E-state index in [1.165, 1.54) is 17.2 Å². The van der Waals surface area contributed by atoms with Crippen molar-refractivity contribution in [3.63, 3.8) is 0 Å². The largest absolute Gasteiger partial charge is 0.307 e. The first-order chi connectivity index (χ1) is 28.2. The van der Waals surface area contributed by atoms with Gasteiger partial charge >= 0.3 is 0 Å². The molecular weight excluding hydrogens is 697 g/mol. The number of hydrogen-bond donors (Lipinski definition) is 0. The molecule has 0 atom stereocenters. The van der Waals surface area contributed by atoms with Crippen molar-refractivity contribution in [3.05, 3.63) is 170 Å². The number of fused-ring (bicyclic) bond motifs is 9. The third-order valence-corrected chi connectivity index (χ3v) is 10.1. The summed E-state index contributed by atoms with van der Waals surface area (Å²) in [4.78, 5) is 21.0. The first kappa shape index (κ1) is 35.5. The molecule has 0 radical (unpaired) electrons. The van der Waals surface area contributed by atoms with Gasteiger partial charge in [-0.3, -0.25) is 4.57 Å². The van der Waals surface area contributed by atoms with Gasteiger partial charge in [0.05, 0.1) is 33.1 Å². The van der Waals surface area contributed by atoms with Crippen molar-refractivity contribution < 1.29 is 0 Å². The molecule has 4 heterocycles. The molecule has 11 rings (SSSR count). The molecule has 0 saturated heterocycles. The fourth-order valence-electron chi connectivity index (χ4n) is 7.93. The fraction of sp³-hybridized carbons (Fsp3) is 0.0980. The highest BCUT2D eigenvalue weighted by Gasteiger charge is 2.24. The monoisotopic (exact) mass is 738 g/mol. The number of benzene rings is 7. The average molecular weight is 739 g/mol. The van der Waals surface area contributed by atoms with Crippen LogP contribution in [0.25, 0.3) is 99.8 Å². The molecule has 0 saturated carbocycles. The van der Waals surface area contributed by atoms with Crippen molar-refractivity contribution >= 4 is 65.4 Å². The van der Waals surface area contributed by atoms with E-state index in [0.29, 0.717) is 17.6 Å². The highest BCUT2D eigenvalue weighted by Crippen LogP contribution is 2.42. The molecule has 7 aromatic carbocycles. The molecule has 0 unspecified atom stereocenters. The van der Waals surface area contributed by atoms with Gasteiger partial charge in [-0.25, -0.2) is 9.97 Å². The number of hydrogen-bond acceptors (Lipinski definition) is 4. The van der Waals surface area contributed by atoms with Crippen molar-refractivity contribution in [1.29, 1.82) is 0 Å². The zero-order valence-electron chi connectivity index (χ0n) is 32.6. The molecule has 0 bridgehead atoms. The molecule has 0 aliphatic rings. The van der Waals surface area contributed by atoms with Crippen molar-refractivity contribution in [2.45, 2.75) is 34.1 Å². The van der Waals surface area contributed by atoms with E-state index >= 15 is 0 Å². The van der Waals surface area contributed by atoms with Crippen LogP contribution in [0.15, 0.2) is 170 Å². The number of aromatic nitrogens is 6. The van der Waals surface area contributed by atoms with Crippen LogP contribution in [-0.4, -0.2) is 29.1 Å². The van der Waals surface area contributed by atoms with Crippen molar-refractivity contribution in [3.8, 4) is 34.4 Å². The Balaban J connectivity index is 0.000000810. The first-order valence-electron chi connectivity index (χ1n) is 19.8. The van der Waals surface area contributed by atoms with Gasteiger partial charge < -0.3 is 4.57 Å². The summed E-state index contributed by atoms with van der Waals surface area (Å²) in [6, 6.07) is 59.0. The Morgan fingerprint density at radius 3 is 1.40 bits per heavy atom. The molecule has 57 heavy (non-hydrogen) atoms. The van der Waals surface area contributed by atoms with Gasteiger partial charge in [0.1, 0.15) is 0 Å². The van der Waals surface area contributed by atoms with Gasteiger partial charge in [-0.05, 0) is 36.4 Å². The third kappa shape index (κ3) is 5.98. The molecule has 0 amide bonds. The van der Waals surface area contributed by atoms with Gasteiger partial charge in [-0.2, -0.15) is 9.97 Å². The SMILES string of the molecule is CC.CCC.c1ccc(-c2nc(-c3c4ccccc4nc4ccccc34)nc(-n3c4ccccc4c4ccc5c6ccccc6n(-c6ccccc6)c5c43)n2)cc1. The molecule has 0 aliphatic heterocycles. The smallest absolute Gasteiger partial charge is 0.238 e. The summed E-state index contributed by atoms with van der Waals surface area (Å²) in [5, 5.41) is 6.60. The van der Waals surface area contributed by atoms with Gasteiger partial charge in [0.2, 0.25) is 5.95 Å². The van der Waals surface area contributed by atoms with Crippen LogP contribution in [0.4, 0.5) is 0 Å². The Labute approximate surface area is 331 Å². The summed E-state index contributed by atoms with van der Waals surface area (Å²) < 4.78 is 4.63. The van der Waals surface area contributed by atoms with Gasteiger partial charge in [0.15, 0.2) is 11.6 Å². The summed E-state index contributed by atoms with van der Waals surface area (Å²) in [6.45, 7) is 8.25. The standard InChI is InChI=1S/C46H28N6.C3H8.C2H6/c1-3-15-29(16-4-1)44-48-45(41-35-21-7-11-23-37(35)47-38-24-12-8-22-36(38)41)50-46(49-44)52-40-26-14-10-20-32(40)34-28-27-33-31-19-9-13-25-39(31)51(42(33)43(34)52)30-17-5-2-6-18-30;1-3-2;1-2/h1-28H;3H2,1-2H3;1-2H3. The summed E-state index contributed by atoms with van der Waals surface area (Å²) in [5.74, 6) is 1.75. The second kappa shape index (κ2) is 15.2. The van der Waals surface area contributed by atoms with Gasteiger partial charge in [-0.1, -0.05) is 168 Å². The lowest BCUT2D eigenvalue weighted by Crippen LogP contribution is -2.07. The van der Waals surface area contributed by atoms with Crippen LogP contribution in [0, 0.1) is 0 Å². The topological polar surface area (TPSA) is 61.4 Å². The molecule has 0 fully saturated rings. The van der Waals surface area contributed by atoms with E-state index in [1.54, 1.807) is 0 Å². The minimum absolute atomic E-state index is 0.553. The highest BCUT2D eigenvalue weighted by atomic mass is 15.2. The van der Waals surface area contributed by atoms with Crippen molar-refractivity contribution in [2.75, 3.05) is 0 Å². The molecule has 11 aromatic rings. The predicted molar refractivity (Wildman–Crippen MR) is 239 cm³/mol. The molecule has 0 spiro atoms. The average Bonchev–Trinajstić information content (AvgIpc) is 3.80. The van der Waals surface area contributed by atoms with Crippen LogP contribution in [0.5, 0.6) is 0 Å². The molecule has 6 nitrogen and oxygen atoms in total. The van der Waals surface area contributed by atoms with Crippen LogP contribution in [0.2, 0.25) is 0 Å². The van der Waals surface area contributed by atoms with E-state index in [1.807, 2.05) is 44.2 Å². The second-order valence-electron chi connectivity index (χ2n) is 13.8. The lowest BCUT2D eigenvalue weighted by molar-refractivity contribution is 0.955. The maximum absolute atomic E-state index is 5.44. The van der Waals surface area contributed by atoms with Gasteiger partial charge in [0.25, 0.3) is 0 Å². The first-order valence-corrected chi connectivity index (χ1v) is 19.8.